The van der Waals surface area contributed by atoms with Gasteiger partial charge in [0, 0.05) is 12.6 Å². The van der Waals surface area contributed by atoms with Gasteiger partial charge < -0.3 is 10.1 Å². The second kappa shape index (κ2) is 4.46. The molecule has 1 aliphatic heterocycles. The van der Waals surface area contributed by atoms with E-state index in [4.69, 9.17) is 4.74 Å². The van der Waals surface area contributed by atoms with Gasteiger partial charge in [0.25, 0.3) is 0 Å². The maximum Gasteiger partial charge on any atom is 0.0811 e. The lowest BCUT2D eigenvalue weighted by molar-refractivity contribution is -0.203. The van der Waals surface area contributed by atoms with Crippen LogP contribution in [0.5, 0.6) is 0 Å². The van der Waals surface area contributed by atoms with Gasteiger partial charge in [-0.05, 0) is 49.4 Å². The average Bonchev–Trinajstić information content (AvgIpc) is 2.34. The summed E-state index contributed by atoms with van der Waals surface area (Å²) in [5.41, 5.74) is 1.01. The lowest BCUT2D eigenvalue weighted by Gasteiger charge is -2.55. The first-order valence-corrected chi connectivity index (χ1v) is 8.23. The highest BCUT2D eigenvalue weighted by atomic mass is 16.5. The Morgan fingerprint density at radius 2 is 1.63 bits per heavy atom. The highest BCUT2D eigenvalue weighted by molar-refractivity contribution is 5.03. The van der Waals surface area contributed by atoms with Crippen LogP contribution in [0.1, 0.15) is 72.6 Å². The molecule has 0 amide bonds. The minimum Gasteiger partial charge on any atom is -0.368 e. The summed E-state index contributed by atoms with van der Waals surface area (Å²) in [5, 5.41) is 3.84. The molecule has 3 aliphatic rings. The van der Waals surface area contributed by atoms with Gasteiger partial charge in [0.2, 0.25) is 0 Å². The number of rotatable bonds is 0. The number of ether oxygens (including phenoxy) is 1. The van der Waals surface area contributed by atoms with Crippen molar-refractivity contribution in [2.24, 2.45) is 10.8 Å². The monoisotopic (exact) mass is 265 g/mol. The zero-order valence-electron chi connectivity index (χ0n) is 13.2. The topological polar surface area (TPSA) is 21.3 Å². The van der Waals surface area contributed by atoms with Crippen LogP contribution in [0.4, 0.5) is 0 Å². The van der Waals surface area contributed by atoms with Crippen molar-refractivity contribution in [3.8, 4) is 0 Å². The molecule has 3 rings (SSSR count). The van der Waals surface area contributed by atoms with Crippen molar-refractivity contribution in [3.63, 3.8) is 0 Å². The van der Waals surface area contributed by atoms with Gasteiger partial charge in [0.15, 0.2) is 0 Å². The van der Waals surface area contributed by atoms with Crippen molar-refractivity contribution in [3.05, 3.63) is 0 Å². The van der Waals surface area contributed by atoms with Gasteiger partial charge in [-0.25, -0.2) is 0 Å². The van der Waals surface area contributed by atoms with Crippen LogP contribution in [0.2, 0.25) is 0 Å². The lowest BCUT2D eigenvalue weighted by Crippen LogP contribution is -2.65. The minimum atomic E-state index is 0.144. The van der Waals surface area contributed by atoms with Gasteiger partial charge in [0.1, 0.15) is 0 Å². The third-order valence-corrected chi connectivity index (χ3v) is 6.05. The zero-order chi connectivity index (χ0) is 13.7. The summed E-state index contributed by atoms with van der Waals surface area (Å²) in [6, 6.07) is 0.601. The molecular formula is C17H31NO. The first kappa shape index (κ1) is 13.9. The Morgan fingerprint density at radius 1 is 0.947 bits per heavy atom. The van der Waals surface area contributed by atoms with Crippen LogP contribution in [0.25, 0.3) is 0 Å². The standard InChI is InChI=1S/C17H31NO/c1-15(2)8-10-17(11-9-15)12-18-13-6-5-7-16(3,4)14(13)19-17/h13-14,18H,5-12H2,1-4H3. The van der Waals surface area contributed by atoms with Crippen LogP contribution in [0.3, 0.4) is 0 Å². The van der Waals surface area contributed by atoms with Crippen LogP contribution in [-0.2, 0) is 4.74 Å². The van der Waals surface area contributed by atoms with E-state index in [1.165, 1.54) is 44.9 Å². The van der Waals surface area contributed by atoms with Crippen molar-refractivity contribution >= 4 is 0 Å². The molecule has 0 bridgehead atoms. The maximum atomic E-state index is 6.76. The number of morpholine rings is 1. The predicted molar refractivity (Wildman–Crippen MR) is 79.3 cm³/mol. The number of fused-ring (bicyclic) bond motifs is 1. The molecule has 110 valence electrons. The first-order chi connectivity index (χ1) is 8.82. The highest BCUT2D eigenvalue weighted by Crippen LogP contribution is 2.48. The molecule has 3 fully saturated rings. The molecule has 19 heavy (non-hydrogen) atoms. The van der Waals surface area contributed by atoms with Crippen molar-refractivity contribution in [2.75, 3.05) is 6.54 Å². The smallest absolute Gasteiger partial charge is 0.0811 e. The van der Waals surface area contributed by atoms with Crippen molar-refractivity contribution in [1.29, 1.82) is 0 Å². The number of nitrogens with one attached hydrogen (secondary N) is 1. The zero-order valence-corrected chi connectivity index (χ0v) is 13.2. The number of hydrogen-bond donors (Lipinski definition) is 1. The highest BCUT2D eigenvalue weighted by Gasteiger charge is 2.50. The summed E-state index contributed by atoms with van der Waals surface area (Å²) in [7, 11) is 0. The Morgan fingerprint density at radius 3 is 2.32 bits per heavy atom. The van der Waals surface area contributed by atoms with Gasteiger partial charge in [-0.2, -0.15) is 0 Å². The lowest BCUT2D eigenvalue weighted by atomic mass is 9.67. The summed E-state index contributed by atoms with van der Waals surface area (Å²) < 4.78 is 6.76. The molecule has 1 saturated heterocycles. The quantitative estimate of drug-likeness (QED) is 0.717. The molecule has 2 nitrogen and oxygen atoms in total. The molecule has 2 aliphatic carbocycles. The third-order valence-electron chi connectivity index (χ3n) is 6.05. The van der Waals surface area contributed by atoms with Crippen LogP contribution < -0.4 is 5.32 Å². The molecule has 1 heterocycles. The van der Waals surface area contributed by atoms with E-state index in [1.807, 2.05) is 0 Å². The largest absolute Gasteiger partial charge is 0.368 e. The summed E-state index contributed by atoms with van der Waals surface area (Å²) in [6.07, 6.45) is 9.51. The van der Waals surface area contributed by atoms with E-state index in [0.29, 0.717) is 23.0 Å². The Labute approximate surface area is 118 Å². The molecule has 2 unspecified atom stereocenters. The van der Waals surface area contributed by atoms with Crippen LogP contribution >= 0.6 is 0 Å². The Kier molecular flexibility index (Phi) is 3.26. The van der Waals surface area contributed by atoms with Crippen molar-refractivity contribution in [2.45, 2.75) is 90.4 Å². The normalized spacial score (nSPS) is 39.8. The SMILES string of the molecule is CC1(C)CCC2(CC1)CNC1CCCC(C)(C)C1O2. The Bertz CT molecular complexity index is 337. The van der Waals surface area contributed by atoms with Gasteiger partial charge in [-0.3, -0.25) is 0 Å². The summed E-state index contributed by atoms with van der Waals surface area (Å²) in [6.45, 7) is 10.7. The molecule has 1 spiro atoms. The number of hydrogen-bond acceptors (Lipinski definition) is 2. The minimum absolute atomic E-state index is 0.144. The average molecular weight is 265 g/mol. The molecule has 2 heteroatoms. The van der Waals surface area contributed by atoms with E-state index in [9.17, 15) is 0 Å². The fraction of sp³-hybridized carbons (Fsp3) is 1.00. The van der Waals surface area contributed by atoms with E-state index < -0.39 is 0 Å². The van der Waals surface area contributed by atoms with Gasteiger partial charge in [0.05, 0.1) is 11.7 Å². The van der Waals surface area contributed by atoms with Gasteiger partial charge in [-0.15, -0.1) is 0 Å². The van der Waals surface area contributed by atoms with Crippen molar-refractivity contribution in [1.82, 2.24) is 5.32 Å². The second-order valence-electron chi connectivity index (χ2n) is 8.75. The molecule has 0 aromatic carbocycles. The van der Waals surface area contributed by atoms with Gasteiger partial charge in [-0.1, -0.05) is 34.1 Å². The fourth-order valence-corrected chi connectivity index (χ4v) is 4.37. The first-order valence-electron chi connectivity index (χ1n) is 8.23. The molecule has 0 aromatic rings. The van der Waals surface area contributed by atoms with Crippen LogP contribution in [0, 0.1) is 10.8 Å². The van der Waals surface area contributed by atoms with Gasteiger partial charge >= 0.3 is 0 Å². The van der Waals surface area contributed by atoms with Crippen LogP contribution in [-0.4, -0.2) is 24.3 Å². The molecule has 2 atom stereocenters. The van der Waals surface area contributed by atoms with E-state index >= 15 is 0 Å². The van der Waals surface area contributed by atoms with Crippen LogP contribution in [0.15, 0.2) is 0 Å². The van der Waals surface area contributed by atoms with E-state index in [1.54, 1.807) is 0 Å². The third kappa shape index (κ3) is 2.58. The Balaban J connectivity index is 1.73. The molecule has 2 saturated carbocycles. The summed E-state index contributed by atoms with van der Waals surface area (Å²) >= 11 is 0. The predicted octanol–water partition coefficient (Wildman–Crippen LogP) is 3.89. The van der Waals surface area contributed by atoms with E-state index in [2.05, 4.69) is 33.0 Å². The molecule has 1 N–H and O–H groups in total. The summed E-state index contributed by atoms with van der Waals surface area (Å²) in [5.74, 6) is 0. The molecule has 0 radical (unpaired) electrons. The van der Waals surface area contributed by atoms with Crippen molar-refractivity contribution < 1.29 is 4.74 Å². The van der Waals surface area contributed by atoms with E-state index in [-0.39, 0.29) is 5.60 Å². The summed E-state index contributed by atoms with van der Waals surface area (Å²) in [4.78, 5) is 0. The van der Waals surface area contributed by atoms with E-state index in [0.717, 1.165) is 6.54 Å². The second-order valence-corrected chi connectivity index (χ2v) is 8.75. The maximum absolute atomic E-state index is 6.76. The molecular weight excluding hydrogens is 234 g/mol. The fourth-order valence-electron chi connectivity index (χ4n) is 4.37. The molecule has 0 aromatic heterocycles. The Hall–Kier alpha value is -0.0800.